The highest BCUT2D eigenvalue weighted by Gasteiger charge is 2.36. The first-order chi connectivity index (χ1) is 12.4. The van der Waals surface area contributed by atoms with Crippen molar-refractivity contribution in [1.82, 2.24) is 10.2 Å². The van der Waals surface area contributed by atoms with Gasteiger partial charge in [-0.25, -0.2) is 9.59 Å². The Kier molecular flexibility index (Phi) is 7.08. The highest BCUT2D eigenvalue weighted by molar-refractivity contribution is 6.42. The Bertz CT molecular complexity index is 749. The zero-order valence-electron chi connectivity index (χ0n) is 14.6. The molecule has 1 aromatic rings. The fraction of sp³-hybridized carbons (Fsp3) is 0.333. The number of nitrogens with zero attached hydrogens (tertiary/aromatic N) is 1. The van der Waals surface area contributed by atoms with Crippen LogP contribution in [-0.2, 0) is 14.3 Å². The molecule has 1 atom stereocenters. The van der Waals surface area contributed by atoms with Gasteiger partial charge >= 0.3 is 12.0 Å². The van der Waals surface area contributed by atoms with Gasteiger partial charge in [-0.15, -0.1) is 6.58 Å². The molecule has 0 fully saturated rings. The fourth-order valence-electron chi connectivity index (χ4n) is 2.63. The molecule has 140 valence electrons. The van der Waals surface area contributed by atoms with E-state index in [-0.39, 0.29) is 25.8 Å². The first kappa shape index (κ1) is 20.3. The summed E-state index contributed by atoms with van der Waals surface area (Å²) in [4.78, 5) is 26.6. The van der Waals surface area contributed by atoms with Crippen LogP contribution >= 0.6 is 23.2 Å². The van der Waals surface area contributed by atoms with E-state index in [0.29, 0.717) is 26.9 Å². The monoisotopic (exact) mass is 398 g/mol. The van der Waals surface area contributed by atoms with E-state index in [1.807, 2.05) is 0 Å². The lowest BCUT2D eigenvalue weighted by molar-refractivity contribution is -0.140. The average Bonchev–Trinajstić information content (AvgIpc) is 2.60. The second kappa shape index (κ2) is 9.07. The molecule has 0 radical (unpaired) electrons. The van der Waals surface area contributed by atoms with Crippen molar-refractivity contribution in [2.24, 2.45) is 0 Å². The first-order valence-electron chi connectivity index (χ1n) is 7.91. The first-order valence-corrected chi connectivity index (χ1v) is 8.67. The zero-order valence-corrected chi connectivity index (χ0v) is 16.1. The number of hydrogen-bond donors (Lipinski definition) is 1. The van der Waals surface area contributed by atoms with Gasteiger partial charge in [0.15, 0.2) is 0 Å². The molecule has 0 aliphatic carbocycles. The minimum atomic E-state index is -0.701. The lowest BCUT2D eigenvalue weighted by Gasteiger charge is -2.35. The Hall–Kier alpha value is -2.02. The number of esters is 1. The molecule has 6 nitrogen and oxygen atoms in total. The van der Waals surface area contributed by atoms with Crippen molar-refractivity contribution in [2.75, 3.05) is 26.9 Å². The van der Waals surface area contributed by atoms with Crippen LogP contribution in [0.1, 0.15) is 18.5 Å². The van der Waals surface area contributed by atoms with Crippen LogP contribution in [0.3, 0.4) is 0 Å². The second-order valence-electron chi connectivity index (χ2n) is 5.58. The molecular weight excluding hydrogens is 379 g/mol. The van der Waals surface area contributed by atoms with Crippen molar-refractivity contribution in [3.05, 3.63) is 57.7 Å². The van der Waals surface area contributed by atoms with Crippen LogP contribution in [0.5, 0.6) is 0 Å². The maximum Gasteiger partial charge on any atom is 0.338 e. The Labute approximate surface area is 162 Å². The standard InChI is InChI=1S/C18H20Cl2N2O4/c1-4-7-22-11(2)15(17(23)26-9-8-25-3)16(21-18(22)24)12-5-6-13(19)14(20)10-12/h4-6,10,16H,1,7-9H2,2-3H3,(H,21,24)/t16-/m1/s1. The predicted molar refractivity (Wildman–Crippen MR) is 100 cm³/mol. The molecule has 1 aliphatic heterocycles. The summed E-state index contributed by atoms with van der Waals surface area (Å²) in [6.45, 7) is 5.99. The van der Waals surface area contributed by atoms with Crippen molar-refractivity contribution < 1.29 is 19.1 Å². The summed E-state index contributed by atoms with van der Waals surface area (Å²) < 4.78 is 10.2. The Balaban J connectivity index is 2.46. The average molecular weight is 399 g/mol. The molecule has 1 aromatic carbocycles. The molecule has 2 amide bonds. The molecule has 0 aromatic heterocycles. The summed E-state index contributed by atoms with van der Waals surface area (Å²) >= 11 is 12.1. The van der Waals surface area contributed by atoms with E-state index in [4.69, 9.17) is 32.7 Å². The number of nitrogens with one attached hydrogen (secondary N) is 1. The van der Waals surface area contributed by atoms with E-state index in [0.717, 1.165) is 0 Å². The van der Waals surface area contributed by atoms with E-state index in [2.05, 4.69) is 11.9 Å². The van der Waals surface area contributed by atoms with Crippen molar-refractivity contribution in [1.29, 1.82) is 0 Å². The molecule has 0 saturated heterocycles. The van der Waals surface area contributed by atoms with Crippen LogP contribution in [0.15, 0.2) is 42.1 Å². The summed E-state index contributed by atoms with van der Waals surface area (Å²) in [5.41, 5.74) is 1.44. The van der Waals surface area contributed by atoms with Crippen molar-refractivity contribution in [3.63, 3.8) is 0 Å². The van der Waals surface area contributed by atoms with Crippen LogP contribution in [0.4, 0.5) is 4.79 Å². The molecule has 2 rings (SSSR count). The van der Waals surface area contributed by atoms with Crippen LogP contribution in [-0.4, -0.2) is 43.8 Å². The van der Waals surface area contributed by atoms with Gasteiger partial charge in [0.1, 0.15) is 6.61 Å². The number of amides is 2. The summed E-state index contributed by atoms with van der Waals surface area (Å²) in [5.74, 6) is -0.537. The number of benzene rings is 1. The summed E-state index contributed by atoms with van der Waals surface area (Å²) in [6.07, 6.45) is 1.58. The molecule has 1 N–H and O–H groups in total. The number of urea groups is 1. The van der Waals surface area contributed by atoms with E-state index in [9.17, 15) is 9.59 Å². The quantitative estimate of drug-likeness (QED) is 0.431. The third kappa shape index (κ3) is 4.38. The topological polar surface area (TPSA) is 67.9 Å². The van der Waals surface area contributed by atoms with Gasteiger partial charge in [0, 0.05) is 19.4 Å². The molecule has 0 saturated carbocycles. The van der Waals surface area contributed by atoms with Gasteiger partial charge in [0.25, 0.3) is 0 Å². The molecule has 1 aliphatic rings. The highest BCUT2D eigenvalue weighted by atomic mass is 35.5. The Morgan fingerprint density at radius 2 is 2.08 bits per heavy atom. The SMILES string of the molecule is C=CCN1C(=O)N[C@H](c2ccc(Cl)c(Cl)c2)C(C(=O)OCCOC)=C1C. The largest absolute Gasteiger partial charge is 0.460 e. The molecule has 8 heteroatoms. The van der Waals surface area contributed by atoms with E-state index in [1.165, 1.54) is 12.0 Å². The van der Waals surface area contributed by atoms with Crippen molar-refractivity contribution in [2.45, 2.75) is 13.0 Å². The van der Waals surface area contributed by atoms with Crippen molar-refractivity contribution in [3.8, 4) is 0 Å². The van der Waals surface area contributed by atoms with E-state index < -0.39 is 12.0 Å². The number of rotatable bonds is 7. The maximum absolute atomic E-state index is 12.7. The predicted octanol–water partition coefficient (Wildman–Crippen LogP) is 3.71. The van der Waals surface area contributed by atoms with Gasteiger partial charge in [-0.1, -0.05) is 35.3 Å². The van der Waals surface area contributed by atoms with Crippen LogP contribution in [0, 0.1) is 0 Å². The molecule has 0 spiro atoms. The van der Waals surface area contributed by atoms with Crippen LogP contribution in [0.25, 0.3) is 0 Å². The summed E-state index contributed by atoms with van der Waals surface area (Å²) in [5, 5.41) is 3.53. The van der Waals surface area contributed by atoms with Gasteiger partial charge in [-0.05, 0) is 24.6 Å². The molecule has 1 heterocycles. The lowest BCUT2D eigenvalue weighted by atomic mass is 9.95. The van der Waals surface area contributed by atoms with Crippen molar-refractivity contribution >= 4 is 35.2 Å². The normalized spacial score (nSPS) is 17.2. The van der Waals surface area contributed by atoms with Gasteiger partial charge in [0.2, 0.25) is 0 Å². The minimum absolute atomic E-state index is 0.107. The Morgan fingerprint density at radius 1 is 1.35 bits per heavy atom. The van der Waals surface area contributed by atoms with Crippen LogP contribution < -0.4 is 5.32 Å². The van der Waals surface area contributed by atoms with Crippen LogP contribution in [0.2, 0.25) is 10.0 Å². The molecular formula is C18H20Cl2N2O4. The number of carbonyl (C=O) groups excluding carboxylic acids is 2. The number of hydrogen-bond acceptors (Lipinski definition) is 4. The molecule has 0 unspecified atom stereocenters. The summed E-state index contributed by atoms with van der Waals surface area (Å²) in [6, 6.07) is 3.90. The number of carbonyl (C=O) groups is 2. The maximum atomic E-state index is 12.7. The smallest absolute Gasteiger partial charge is 0.338 e. The van der Waals surface area contributed by atoms with Gasteiger partial charge in [-0.2, -0.15) is 0 Å². The number of methoxy groups -OCH3 is 1. The van der Waals surface area contributed by atoms with Gasteiger partial charge in [-0.3, -0.25) is 4.90 Å². The highest BCUT2D eigenvalue weighted by Crippen LogP contribution is 2.34. The Morgan fingerprint density at radius 3 is 2.69 bits per heavy atom. The second-order valence-corrected chi connectivity index (χ2v) is 6.40. The van der Waals surface area contributed by atoms with E-state index in [1.54, 1.807) is 31.2 Å². The number of allylic oxidation sites excluding steroid dienone is 1. The third-order valence-electron chi connectivity index (χ3n) is 3.93. The molecule has 0 bridgehead atoms. The lowest BCUT2D eigenvalue weighted by Crippen LogP contribution is -2.48. The molecule has 26 heavy (non-hydrogen) atoms. The van der Waals surface area contributed by atoms with Gasteiger partial charge < -0.3 is 14.8 Å². The fourth-order valence-corrected chi connectivity index (χ4v) is 2.94. The minimum Gasteiger partial charge on any atom is -0.460 e. The number of ether oxygens (including phenoxy) is 2. The van der Waals surface area contributed by atoms with E-state index >= 15 is 0 Å². The number of halogens is 2. The zero-order chi connectivity index (χ0) is 19.3. The third-order valence-corrected chi connectivity index (χ3v) is 4.66. The summed E-state index contributed by atoms with van der Waals surface area (Å²) in [7, 11) is 1.52. The van der Waals surface area contributed by atoms with Gasteiger partial charge in [0.05, 0.1) is 28.3 Å².